The Kier molecular flexibility index (Phi) is 5.50. The van der Waals surface area contributed by atoms with Gasteiger partial charge in [0.15, 0.2) is 0 Å². The van der Waals surface area contributed by atoms with Crippen LogP contribution in [0.15, 0.2) is 18.2 Å². The summed E-state index contributed by atoms with van der Waals surface area (Å²) in [6.07, 6.45) is 9.16. The van der Waals surface area contributed by atoms with E-state index in [1.165, 1.54) is 37.7 Å². The van der Waals surface area contributed by atoms with Crippen LogP contribution >= 0.6 is 0 Å². The van der Waals surface area contributed by atoms with Crippen LogP contribution in [0.25, 0.3) is 0 Å². The number of hydrogen-bond acceptors (Lipinski definition) is 2. The van der Waals surface area contributed by atoms with E-state index in [0.717, 1.165) is 30.9 Å². The molecule has 0 heterocycles. The summed E-state index contributed by atoms with van der Waals surface area (Å²) in [6, 6.07) is 7.00. The maximum Gasteiger partial charge on any atom is 0.250 e. The van der Waals surface area contributed by atoms with E-state index in [1.807, 2.05) is 0 Å². The lowest BCUT2D eigenvalue weighted by Crippen LogP contribution is -2.50. The van der Waals surface area contributed by atoms with E-state index in [2.05, 4.69) is 65.9 Å². The van der Waals surface area contributed by atoms with Gasteiger partial charge in [0, 0.05) is 0 Å². The van der Waals surface area contributed by atoms with Crippen LogP contribution in [0.3, 0.4) is 0 Å². The second kappa shape index (κ2) is 7.37. The summed E-state index contributed by atoms with van der Waals surface area (Å²) < 4.78 is 6.61. The molecule has 0 saturated heterocycles. The molecular weight excluding hydrogens is 384 g/mol. The molecule has 0 aromatic heterocycles. The molecule has 0 radical (unpaired) electrons. The molecule has 1 aromatic carbocycles. The summed E-state index contributed by atoms with van der Waals surface area (Å²) in [5, 5.41) is 11.8. The summed E-state index contributed by atoms with van der Waals surface area (Å²) in [4.78, 5) is 0. The topological polar surface area (TPSA) is 29.5 Å². The third-order valence-electron chi connectivity index (χ3n) is 9.86. The molecule has 0 unspecified atom stereocenters. The van der Waals surface area contributed by atoms with Crippen LogP contribution in [0.1, 0.15) is 96.6 Å². The van der Waals surface area contributed by atoms with Crippen molar-refractivity contribution in [3.05, 3.63) is 29.3 Å². The van der Waals surface area contributed by atoms with Gasteiger partial charge in [0.05, 0.1) is 5.60 Å². The highest BCUT2D eigenvalue weighted by Gasteiger charge is 2.60. The second-order valence-corrected chi connectivity index (χ2v) is 17.1. The van der Waals surface area contributed by atoms with Gasteiger partial charge in [-0.2, -0.15) is 0 Å². The van der Waals surface area contributed by atoms with Crippen molar-refractivity contribution < 1.29 is 9.53 Å². The normalized spacial score (nSPS) is 36.1. The zero-order valence-electron chi connectivity index (χ0n) is 20.5. The van der Waals surface area contributed by atoms with Crippen molar-refractivity contribution in [2.45, 2.75) is 116 Å². The van der Waals surface area contributed by atoms with Crippen molar-refractivity contribution in [2.75, 3.05) is 0 Å². The quantitative estimate of drug-likeness (QED) is 0.504. The summed E-state index contributed by atoms with van der Waals surface area (Å²) in [5.74, 6) is 3.19. The second-order valence-electron chi connectivity index (χ2n) is 12.4. The van der Waals surface area contributed by atoms with Crippen molar-refractivity contribution in [2.24, 2.45) is 17.3 Å². The van der Waals surface area contributed by atoms with Gasteiger partial charge in [0.25, 0.3) is 0 Å². The van der Waals surface area contributed by atoms with E-state index in [4.69, 9.17) is 4.43 Å². The number of aryl methyl sites for hydroxylation is 1. The lowest BCUT2D eigenvalue weighted by Gasteiger charge is -2.53. The number of hydrogen-bond donors (Lipinski definition) is 1. The Bertz CT molecular complexity index is 795. The average molecular weight is 429 g/mol. The zero-order valence-corrected chi connectivity index (χ0v) is 21.5. The van der Waals surface area contributed by atoms with Gasteiger partial charge in [-0.15, -0.1) is 0 Å². The number of benzene rings is 1. The lowest BCUT2D eigenvalue weighted by molar-refractivity contribution is -0.107. The average Bonchev–Trinajstić information content (AvgIpc) is 2.91. The summed E-state index contributed by atoms with van der Waals surface area (Å²) in [6.45, 7) is 16.2. The Balaban J connectivity index is 1.57. The molecule has 3 aliphatic rings. The molecule has 5 atom stereocenters. The molecule has 2 nitrogen and oxygen atoms in total. The Morgan fingerprint density at radius 3 is 2.53 bits per heavy atom. The van der Waals surface area contributed by atoms with Crippen LogP contribution in [-0.4, -0.2) is 19.0 Å². The fraction of sp³-hybridized carbons (Fsp3) is 0.778. The van der Waals surface area contributed by atoms with E-state index in [9.17, 15) is 5.11 Å². The molecule has 1 N–H and O–H groups in total. The standard InChI is InChI=1S/C27H44O2Si/c1-8-15-27(28)17-14-24-23-11-9-19-18-20(29-30(6,7)25(2,3)4)10-12-21(19)22(23)13-16-26(24,27)5/h10,12,18,22-24,28H,8-9,11,13-17H2,1-7H3/t22-,23-,24+,26+,27+/m1/s1. The van der Waals surface area contributed by atoms with Crippen molar-refractivity contribution in [1.82, 2.24) is 0 Å². The molecule has 30 heavy (non-hydrogen) atoms. The smallest absolute Gasteiger partial charge is 0.250 e. The molecule has 3 heteroatoms. The molecule has 2 saturated carbocycles. The lowest BCUT2D eigenvalue weighted by atomic mass is 9.53. The molecular formula is C27H44O2Si. The van der Waals surface area contributed by atoms with Crippen LogP contribution in [0, 0.1) is 17.3 Å². The SMILES string of the molecule is CCC[C@]1(O)CC[C@H]2[C@@H]3CCc4cc(O[Si](C)(C)C(C)(C)C)ccc4[C@H]3CC[C@@]21C. The predicted molar refractivity (Wildman–Crippen MR) is 129 cm³/mol. The van der Waals surface area contributed by atoms with Gasteiger partial charge >= 0.3 is 0 Å². The molecule has 2 fully saturated rings. The van der Waals surface area contributed by atoms with E-state index < -0.39 is 13.9 Å². The van der Waals surface area contributed by atoms with Crippen molar-refractivity contribution in [3.8, 4) is 5.75 Å². The predicted octanol–water partition coefficient (Wildman–Crippen LogP) is 7.46. The fourth-order valence-corrected chi connectivity index (χ4v) is 8.03. The minimum Gasteiger partial charge on any atom is -0.543 e. The molecule has 3 aliphatic carbocycles. The van der Waals surface area contributed by atoms with Crippen LogP contribution in [0.5, 0.6) is 5.75 Å². The molecule has 0 amide bonds. The first-order valence-corrected chi connectivity index (χ1v) is 15.4. The highest BCUT2D eigenvalue weighted by Crippen LogP contribution is 2.65. The Hall–Kier alpha value is -0.803. The van der Waals surface area contributed by atoms with E-state index >= 15 is 0 Å². The van der Waals surface area contributed by atoms with Crippen LogP contribution in [0.2, 0.25) is 18.1 Å². The van der Waals surface area contributed by atoms with Gasteiger partial charge in [-0.1, -0.05) is 47.1 Å². The molecule has 0 aliphatic heterocycles. The fourth-order valence-electron chi connectivity index (χ4n) is 7.00. The Labute approximate surface area is 185 Å². The first kappa shape index (κ1) is 22.4. The zero-order chi connectivity index (χ0) is 21.9. The van der Waals surface area contributed by atoms with Crippen molar-refractivity contribution in [3.63, 3.8) is 0 Å². The monoisotopic (exact) mass is 428 g/mol. The third-order valence-corrected chi connectivity index (χ3v) is 14.2. The molecule has 4 rings (SSSR count). The molecule has 1 aromatic rings. The highest BCUT2D eigenvalue weighted by atomic mass is 28.4. The maximum atomic E-state index is 11.5. The van der Waals surface area contributed by atoms with Crippen LogP contribution in [0.4, 0.5) is 0 Å². The van der Waals surface area contributed by atoms with Crippen molar-refractivity contribution >= 4 is 8.32 Å². The summed E-state index contributed by atoms with van der Waals surface area (Å²) >= 11 is 0. The summed E-state index contributed by atoms with van der Waals surface area (Å²) in [5.41, 5.74) is 2.80. The molecule has 0 spiro atoms. The highest BCUT2D eigenvalue weighted by molar-refractivity contribution is 6.74. The van der Waals surface area contributed by atoms with Gasteiger partial charge < -0.3 is 9.53 Å². The Morgan fingerprint density at radius 2 is 1.87 bits per heavy atom. The van der Waals surface area contributed by atoms with E-state index in [0.29, 0.717) is 11.8 Å². The van der Waals surface area contributed by atoms with Gasteiger partial charge in [0.1, 0.15) is 5.75 Å². The van der Waals surface area contributed by atoms with Gasteiger partial charge in [-0.25, -0.2) is 0 Å². The summed E-state index contributed by atoms with van der Waals surface area (Å²) in [7, 11) is -1.80. The minimum atomic E-state index is -1.80. The largest absolute Gasteiger partial charge is 0.543 e. The minimum absolute atomic E-state index is 0.118. The number of rotatable bonds is 4. The number of aliphatic hydroxyl groups is 1. The maximum absolute atomic E-state index is 11.5. The van der Waals surface area contributed by atoms with Gasteiger partial charge in [0.2, 0.25) is 8.32 Å². The van der Waals surface area contributed by atoms with Crippen LogP contribution in [-0.2, 0) is 6.42 Å². The molecule has 0 bridgehead atoms. The van der Waals surface area contributed by atoms with Gasteiger partial charge in [-0.3, -0.25) is 0 Å². The molecule has 168 valence electrons. The Morgan fingerprint density at radius 1 is 1.13 bits per heavy atom. The third kappa shape index (κ3) is 3.39. The van der Waals surface area contributed by atoms with Crippen molar-refractivity contribution in [1.29, 1.82) is 0 Å². The number of fused-ring (bicyclic) bond motifs is 5. The van der Waals surface area contributed by atoms with Crippen LogP contribution < -0.4 is 4.43 Å². The first-order valence-electron chi connectivity index (χ1n) is 12.5. The van der Waals surface area contributed by atoms with E-state index in [1.54, 1.807) is 5.56 Å². The first-order chi connectivity index (χ1) is 13.9. The van der Waals surface area contributed by atoms with Gasteiger partial charge in [-0.05, 0) is 110 Å². The van der Waals surface area contributed by atoms with E-state index in [-0.39, 0.29) is 10.5 Å².